The molecule has 1 atom stereocenters. The lowest BCUT2D eigenvalue weighted by Crippen LogP contribution is -2.45. The summed E-state index contributed by atoms with van der Waals surface area (Å²) in [7, 11) is 1.41. The third-order valence-corrected chi connectivity index (χ3v) is 5.35. The molecule has 1 N–H and O–H groups in total. The van der Waals surface area contributed by atoms with E-state index in [0.717, 1.165) is 44.6 Å². The van der Waals surface area contributed by atoms with Crippen molar-refractivity contribution in [3.8, 4) is 0 Å². The van der Waals surface area contributed by atoms with E-state index in [-0.39, 0.29) is 17.9 Å². The number of anilines is 2. The first-order chi connectivity index (χ1) is 12.7. The third-order valence-electron chi connectivity index (χ3n) is 5.35. The summed E-state index contributed by atoms with van der Waals surface area (Å²) in [5.41, 5.74) is 2.04. The number of nitrogens with one attached hydrogen (secondary N) is 1. The van der Waals surface area contributed by atoms with Crippen LogP contribution in [0.25, 0.3) is 0 Å². The highest BCUT2D eigenvalue weighted by Crippen LogP contribution is 2.23. The molecule has 2 heterocycles. The quantitative estimate of drug-likeness (QED) is 0.791. The molecule has 0 radical (unpaired) electrons. The van der Waals surface area contributed by atoms with Crippen LogP contribution in [0.1, 0.15) is 38.5 Å². The number of ether oxygens (including phenoxy) is 1. The first-order valence-corrected chi connectivity index (χ1v) is 9.61. The van der Waals surface area contributed by atoms with E-state index in [1.54, 1.807) is 0 Å². The highest BCUT2D eigenvalue weighted by molar-refractivity contribution is 5.92. The van der Waals surface area contributed by atoms with Gasteiger partial charge in [0.15, 0.2) is 0 Å². The Kier molecular flexibility index (Phi) is 6.50. The van der Waals surface area contributed by atoms with Gasteiger partial charge >= 0.3 is 5.97 Å². The number of nitrogens with zero attached hydrogens (tertiary/aromatic N) is 2. The van der Waals surface area contributed by atoms with Gasteiger partial charge in [0.2, 0.25) is 5.91 Å². The van der Waals surface area contributed by atoms with Crippen LogP contribution in [0, 0.1) is 0 Å². The van der Waals surface area contributed by atoms with Crippen LogP contribution in [0.5, 0.6) is 0 Å². The number of esters is 1. The molecule has 6 nitrogen and oxygen atoms in total. The van der Waals surface area contributed by atoms with E-state index < -0.39 is 0 Å². The number of carbonyl (C=O) groups excluding carboxylic acids is 2. The molecule has 1 amide bonds. The smallest absolute Gasteiger partial charge is 0.307 e. The summed E-state index contributed by atoms with van der Waals surface area (Å²) < 4.78 is 4.79. The fourth-order valence-electron chi connectivity index (χ4n) is 3.89. The van der Waals surface area contributed by atoms with E-state index in [2.05, 4.69) is 27.2 Å². The van der Waals surface area contributed by atoms with E-state index >= 15 is 0 Å². The van der Waals surface area contributed by atoms with Crippen molar-refractivity contribution in [2.45, 2.75) is 44.6 Å². The molecule has 2 aliphatic rings. The zero-order valence-corrected chi connectivity index (χ0v) is 15.6. The summed E-state index contributed by atoms with van der Waals surface area (Å²) >= 11 is 0. The van der Waals surface area contributed by atoms with Crippen molar-refractivity contribution in [3.63, 3.8) is 0 Å². The third kappa shape index (κ3) is 4.97. The van der Waals surface area contributed by atoms with Gasteiger partial charge in [-0.3, -0.25) is 14.5 Å². The largest absolute Gasteiger partial charge is 0.469 e. The lowest BCUT2D eigenvalue weighted by molar-refractivity contribution is -0.142. The molecule has 1 aromatic rings. The van der Waals surface area contributed by atoms with Crippen molar-refractivity contribution in [2.75, 3.05) is 43.5 Å². The molecule has 2 saturated heterocycles. The van der Waals surface area contributed by atoms with Crippen LogP contribution in [0.15, 0.2) is 24.3 Å². The minimum absolute atomic E-state index is 0.0318. The normalized spacial score (nSPS) is 20.8. The summed E-state index contributed by atoms with van der Waals surface area (Å²) in [5, 5.41) is 2.98. The first-order valence-electron chi connectivity index (χ1n) is 9.61. The standard InChI is InChI=1S/C20H29N3O3/c1-26-20(25)14-18-6-2-3-13-23(18)15-19(24)21-16-7-9-17(10-8-16)22-11-4-5-12-22/h7-10,18H,2-6,11-15H2,1H3,(H,21,24). The molecule has 0 bridgehead atoms. The maximum atomic E-state index is 12.4. The van der Waals surface area contributed by atoms with Gasteiger partial charge in [-0.25, -0.2) is 0 Å². The number of carbonyl (C=O) groups is 2. The predicted molar refractivity (Wildman–Crippen MR) is 102 cm³/mol. The highest BCUT2D eigenvalue weighted by Gasteiger charge is 2.26. The number of methoxy groups -OCH3 is 1. The minimum atomic E-state index is -0.209. The number of benzene rings is 1. The molecular formula is C20H29N3O3. The van der Waals surface area contributed by atoms with E-state index in [1.165, 1.54) is 25.6 Å². The molecule has 1 unspecified atom stereocenters. The summed E-state index contributed by atoms with van der Waals surface area (Å²) in [6.45, 7) is 3.39. The van der Waals surface area contributed by atoms with Crippen LogP contribution in [-0.4, -0.2) is 56.1 Å². The Hall–Kier alpha value is -2.08. The van der Waals surface area contributed by atoms with Gasteiger partial charge < -0.3 is 15.0 Å². The topological polar surface area (TPSA) is 61.9 Å². The van der Waals surface area contributed by atoms with E-state index in [1.807, 2.05) is 12.1 Å². The number of likely N-dealkylation sites (tertiary alicyclic amines) is 1. The number of amides is 1. The van der Waals surface area contributed by atoms with Crippen LogP contribution in [-0.2, 0) is 14.3 Å². The molecule has 0 saturated carbocycles. The molecule has 0 aromatic heterocycles. The zero-order chi connectivity index (χ0) is 18.4. The van der Waals surface area contributed by atoms with E-state index in [0.29, 0.717) is 13.0 Å². The molecular weight excluding hydrogens is 330 g/mol. The number of hydrogen-bond acceptors (Lipinski definition) is 5. The first kappa shape index (κ1) is 18.7. The van der Waals surface area contributed by atoms with Crippen molar-refractivity contribution in [2.24, 2.45) is 0 Å². The van der Waals surface area contributed by atoms with Crippen molar-refractivity contribution < 1.29 is 14.3 Å². The van der Waals surface area contributed by atoms with Gasteiger partial charge in [0.25, 0.3) is 0 Å². The fourth-order valence-corrected chi connectivity index (χ4v) is 3.89. The summed E-state index contributed by atoms with van der Waals surface area (Å²) in [6, 6.07) is 8.17. The monoisotopic (exact) mass is 359 g/mol. The number of hydrogen-bond donors (Lipinski definition) is 1. The second kappa shape index (κ2) is 9.03. The fraction of sp³-hybridized carbons (Fsp3) is 0.600. The van der Waals surface area contributed by atoms with Gasteiger partial charge in [0.05, 0.1) is 20.1 Å². The molecule has 142 valence electrons. The summed E-state index contributed by atoms with van der Waals surface area (Å²) in [5.74, 6) is -0.240. The van der Waals surface area contributed by atoms with Crippen molar-refractivity contribution in [1.82, 2.24) is 4.90 Å². The Labute approximate surface area is 155 Å². The molecule has 2 aliphatic heterocycles. The molecule has 0 aliphatic carbocycles. The highest BCUT2D eigenvalue weighted by atomic mass is 16.5. The van der Waals surface area contributed by atoms with Crippen molar-refractivity contribution in [1.29, 1.82) is 0 Å². The predicted octanol–water partition coefficient (Wildman–Crippen LogP) is 2.64. The van der Waals surface area contributed by atoms with Crippen LogP contribution >= 0.6 is 0 Å². The van der Waals surface area contributed by atoms with Gasteiger partial charge in [0, 0.05) is 30.5 Å². The molecule has 1 aromatic carbocycles. The van der Waals surface area contributed by atoms with Crippen LogP contribution in [0.4, 0.5) is 11.4 Å². The van der Waals surface area contributed by atoms with Gasteiger partial charge in [-0.05, 0) is 56.5 Å². The molecule has 3 rings (SSSR count). The second-order valence-electron chi connectivity index (χ2n) is 7.19. The minimum Gasteiger partial charge on any atom is -0.469 e. The summed E-state index contributed by atoms with van der Waals surface area (Å²) in [4.78, 5) is 28.5. The molecule has 26 heavy (non-hydrogen) atoms. The van der Waals surface area contributed by atoms with Crippen molar-refractivity contribution >= 4 is 23.3 Å². The Morgan fingerprint density at radius 3 is 2.46 bits per heavy atom. The molecule has 2 fully saturated rings. The SMILES string of the molecule is COC(=O)CC1CCCCN1CC(=O)Nc1ccc(N2CCCC2)cc1. The van der Waals surface area contributed by atoms with Gasteiger partial charge in [-0.2, -0.15) is 0 Å². The van der Waals surface area contributed by atoms with Crippen LogP contribution in [0.3, 0.4) is 0 Å². The lowest BCUT2D eigenvalue weighted by atomic mass is 9.99. The maximum Gasteiger partial charge on any atom is 0.307 e. The second-order valence-corrected chi connectivity index (χ2v) is 7.19. The molecule has 6 heteroatoms. The Morgan fingerprint density at radius 2 is 1.77 bits per heavy atom. The van der Waals surface area contributed by atoms with E-state index in [4.69, 9.17) is 4.74 Å². The summed E-state index contributed by atoms with van der Waals surface area (Å²) in [6.07, 6.45) is 5.95. The maximum absolute atomic E-state index is 12.4. The lowest BCUT2D eigenvalue weighted by Gasteiger charge is -2.34. The Bertz CT molecular complexity index is 611. The average Bonchev–Trinajstić information content (AvgIpc) is 3.18. The zero-order valence-electron chi connectivity index (χ0n) is 15.6. The number of rotatable bonds is 6. The van der Waals surface area contributed by atoms with Gasteiger partial charge in [-0.15, -0.1) is 0 Å². The van der Waals surface area contributed by atoms with Crippen LogP contribution < -0.4 is 10.2 Å². The van der Waals surface area contributed by atoms with Crippen LogP contribution in [0.2, 0.25) is 0 Å². The van der Waals surface area contributed by atoms with Crippen molar-refractivity contribution in [3.05, 3.63) is 24.3 Å². The Balaban J connectivity index is 1.52. The molecule has 0 spiro atoms. The number of piperidine rings is 1. The van der Waals surface area contributed by atoms with Gasteiger partial charge in [-0.1, -0.05) is 6.42 Å². The van der Waals surface area contributed by atoms with Gasteiger partial charge in [0.1, 0.15) is 0 Å². The van der Waals surface area contributed by atoms with E-state index in [9.17, 15) is 9.59 Å². The Morgan fingerprint density at radius 1 is 1.08 bits per heavy atom. The average molecular weight is 359 g/mol.